The fraction of sp³-hybridized carbons (Fsp3) is 0.143. The van der Waals surface area contributed by atoms with Crippen molar-refractivity contribution in [2.45, 2.75) is 18.9 Å². The van der Waals surface area contributed by atoms with E-state index in [0.717, 1.165) is 18.9 Å². The van der Waals surface area contributed by atoms with Gasteiger partial charge >= 0.3 is 0 Å². The van der Waals surface area contributed by atoms with Crippen LogP contribution in [0.1, 0.15) is 12.8 Å². The van der Waals surface area contributed by atoms with Crippen LogP contribution in [0.3, 0.4) is 0 Å². The Morgan fingerprint density at radius 2 is 1.37 bits per heavy atom. The Labute approximate surface area is 153 Å². The number of hydrogen-bond donors (Lipinski definition) is 2. The summed E-state index contributed by atoms with van der Waals surface area (Å²) in [6.07, 6.45) is 1.92. The second-order valence-corrected chi connectivity index (χ2v) is 6.53. The molecule has 0 radical (unpaired) electrons. The van der Waals surface area contributed by atoms with Gasteiger partial charge in [0.2, 0.25) is 0 Å². The van der Waals surface area contributed by atoms with E-state index in [1.54, 1.807) is 18.2 Å². The van der Waals surface area contributed by atoms with Crippen LogP contribution >= 0.6 is 0 Å². The molecule has 1 fully saturated rings. The van der Waals surface area contributed by atoms with Crippen molar-refractivity contribution in [2.75, 3.05) is 10.6 Å². The van der Waals surface area contributed by atoms with Crippen molar-refractivity contribution in [3.8, 4) is 11.1 Å². The fourth-order valence-corrected chi connectivity index (χ4v) is 2.81. The molecule has 2 N–H and O–H groups in total. The van der Waals surface area contributed by atoms with Crippen molar-refractivity contribution >= 4 is 17.1 Å². The van der Waals surface area contributed by atoms with Crippen LogP contribution in [0.5, 0.6) is 0 Å². The molecule has 0 aromatic heterocycles. The monoisotopic (exact) mass is 372 g/mol. The van der Waals surface area contributed by atoms with Crippen molar-refractivity contribution in [3.63, 3.8) is 0 Å². The normalized spacial score (nSPS) is 13.5. The predicted molar refractivity (Wildman–Crippen MR) is 98.1 cm³/mol. The second-order valence-electron chi connectivity index (χ2n) is 6.53. The molecule has 3 aromatic carbocycles. The number of hydrogen-bond acceptors (Lipinski definition) is 2. The van der Waals surface area contributed by atoms with Gasteiger partial charge in [-0.2, -0.15) is 0 Å². The van der Waals surface area contributed by atoms with E-state index in [9.17, 15) is 17.6 Å². The number of anilines is 3. The van der Waals surface area contributed by atoms with Gasteiger partial charge < -0.3 is 10.6 Å². The first-order valence-corrected chi connectivity index (χ1v) is 8.58. The largest absolute Gasteiger partial charge is 0.381 e. The quantitative estimate of drug-likeness (QED) is 0.519. The Hall–Kier alpha value is -3.02. The highest BCUT2D eigenvalue weighted by molar-refractivity contribution is 5.77. The third kappa shape index (κ3) is 3.74. The average Bonchev–Trinajstić information content (AvgIpc) is 3.47. The predicted octanol–water partition coefficient (Wildman–Crippen LogP) is 6.23. The van der Waals surface area contributed by atoms with Gasteiger partial charge in [-0.15, -0.1) is 0 Å². The Bertz CT molecular complexity index is 982. The molecule has 0 unspecified atom stereocenters. The third-order valence-corrected chi connectivity index (χ3v) is 4.44. The van der Waals surface area contributed by atoms with Gasteiger partial charge in [-0.3, -0.25) is 0 Å². The Morgan fingerprint density at radius 3 is 2.04 bits per heavy atom. The minimum Gasteiger partial charge on any atom is -0.381 e. The van der Waals surface area contributed by atoms with E-state index in [4.69, 9.17) is 0 Å². The standard InChI is InChI=1S/C21H16F4N2/c22-14-4-1-12(2-5-14)13-3-9-18(17(24)11-13)27-21-19(26-15-6-7-15)10-8-16(23)20(21)25/h1-5,8-11,15,26-27H,6-7H2. The zero-order valence-electron chi connectivity index (χ0n) is 14.2. The molecule has 3 aromatic rings. The summed E-state index contributed by atoms with van der Waals surface area (Å²) in [5.41, 5.74) is 1.47. The maximum atomic E-state index is 14.6. The maximum absolute atomic E-state index is 14.6. The molecule has 0 saturated heterocycles. The van der Waals surface area contributed by atoms with Crippen molar-refractivity contribution in [3.05, 3.63) is 77.9 Å². The number of benzene rings is 3. The molecule has 0 heterocycles. The van der Waals surface area contributed by atoms with Gasteiger partial charge in [0, 0.05) is 6.04 Å². The van der Waals surface area contributed by atoms with Gasteiger partial charge in [0.15, 0.2) is 11.6 Å². The molecule has 1 aliphatic carbocycles. The minimum atomic E-state index is -1.07. The lowest BCUT2D eigenvalue weighted by Gasteiger charge is -2.16. The van der Waals surface area contributed by atoms with Crippen LogP contribution in [0.4, 0.5) is 34.6 Å². The summed E-state index contributed by atoms with van der Waals surface area (Å²) in [4.78, 5) is 0. The fourth-order valence-electron chi connectivity index (χ4n) is 2.81. The van der Waals surface area contributed by atoms with Crippen molar-refractivity contribution < 1.29 is 17.6 Å². The molecular formula is C21H16F4N2. The summed E-state index contributed by atoms with van der Waals surface area (Å²) in [6.45, 7) is 0. The molecule has 6 heteroatoms. The van der Waals surface area contributed by atoms with Crippen LogP contribution in [0.15, 0.2) is 54.6 Å². The van der Waals surface area contributed by atoms with Crippen LogP contribution in [0, 0.1) is 23.3 Å². The topological polar surface area (TPSA) is 24.1 Å². The van der Waals surface area contributed by atoms with Crippen molar-refractivity contribution in [1.82, 2.24) is 0 Å². The summed E-state index contributed by atoms with van der Waals surface area (Å²) in [5, 5.41) is 5.77. The zero-order valence-corrected chi connectivity index (χ0v) is 14.2. The number of halogens is 4. The SMILES string of the molecule is Fc1ccc(-c2ccc(Nc3c(NC4CC4)ccc(F)c3F)c(F)c2)cc1. The van der Waals surface area contributed by atoms with Crippen LogP contribution in [-0.2, 0) is 0 Å². The highest BCUT2D eigenvalue weighted by Gasteiger charge is 2.24. The van der Waals surface area contributed by atoms with Crippen molar-refractivity contribution in [1.29, 1.82) is 0 Å². The lowest BCUT2D eigenvalue weighted by Crippen LogP contribution is -2.07. The smallest absolute Gasteiger partial charge is 0.184 e. The molecule has 138 valence electrons. The summed E-state index contributed by atoms with van der Waals surface area (Å²) in [6, 6.07) is 12.7. The molecule has 0 spiro atoms. The Morgan fingerprint density at radius 1 is 0.704 bits per heavy atom. The van der Waals surface area contributed by atoms with Crippen LogP contribution < -0.4 is 10.6 Å². The van der Waals surface area contributed by atoms with E-state index in [0.29, 0.717) is 16.8 Å². The lowest BCUT2D eigenvalue weighted by atomic mass is 10.0. The first kappa shape index (κ1) is 17.4. The first-order valence-electron chi connectivity index (χ1n) is 8.58. The summed E-state index contributed by atoms with van der Waals surface area (Å²) in [5.74, 6) is -3.09. The Balaban J connectivity index is 1.65. The van der Waals surface area contributed by atoms with Gasteiger partial charge in [0.25, 0.3) is 0 Å². The highest BCUT2D eigenvalue weighted by Crippen LogP contribution is 2.35. The van der Waals surface area contributed by atoms with Crippen molar-refractivity contribution in [2.24, 2.45) is 0 Å². The Kier molecular flexibility index (Phi) is 4.48. The second kappa shape index (κ2) is 6.95. The van der Waals surface area contributed by atoms with Crippen LogP contribution in [0.25, 0.3) is 11.1 Å². The van der Waals surface area contributed by atoms with E-state index < -0.39 is 17.5 Å². The number of rotatable bonds is 5. The van der Waals surface area contributed by atoms with Gasteiger partial charge in [-0.1, -0.05) is 18.2 Å². The maximum Gasteiger partial charge on any atom is 0.184 e. The number of nitrogens with one attached hydrogen (secondary N) is 2. The summed E-state index contributed by atoms with van der Waals surface area (Å²) < 4.78 is 55.6. The van der Waals surface area contributed by atoms with E-state index in [1.165, 1.54) is 30.3 Å². The molecule has 27 heavy (non-hydrogen) atoms. The van der Waals surface area contributed by atoms with Gasteiger partial charge in [0.05, 0.1) is 11.4 Å². The molecule has 0 aliphatic heterocycles. The zero-order chi connectivity index (χ0) is 19.0. The average molecular weight is 372 g/mol. The van der Waals surface area contributed by atoms with E-state index in [2.05, 4.69) is 10.6 Å². The highest BCUT2D eigenvalue weighted by atomic mass is 19.2. The molecule has 0 amide bonds. The third-order valence-electron chi connectivity index (χ3n) is 4.44. The van der Waals surface area contributed by atoms with E-state index >= 15 is 0 Å². The summed E-state index contributed by atoms with van der Waals surface area (Å²) >= 11 is 0. The van der Waals surface area contributed by atoms with Gasteiger partial charge in [-0.05, 0) is 60.4 Å². The van der Waals surface area contributed by atoms with E-state index in [1.807, 2.05) is 0 Å². The van der Waals surface area contributed by atoms with Crippen LogP contribution in [-0.4, -0.2) is 6.04 Å². The molecule has 2 nitrogen and oxygen atoms in total. The molecule has 0 atom stereocenters. The minimum absolute atomic E-state index is 0.0178. The first-order chi connectivity index (χ1) is 13.0. The molecule has 1 saturated carbocycles. The molecule has 4 rings (SSSR count). The van der Waals surface area contributed by atoms with Gasteiger partial charge in [-0.25, -0.2) is 17.6 Å². The van der Waals surface area contributed by atoms with Crippen LogP contribution in [0.2, 0.25) is 0 Å². The molecule has 1 aliphatic rings. The van der Waals surface area contributed by atoms with Gasteiger partial charge in [0.1, 0.15) is 17.3 Å². The van der Waals surface area contributed by atoms with E-state index in [-0.39, 0.29) is 23.2 Å². The molecule has 0 bridgehead atoms. The lowest BCUT2D eigenvalue weighted by molar-refractivity contribution is 0.512. The summed E-state index contributed by atoms with van der Waals surface area (Å²) in [7, 11) is 0. The molecular weight excluding hydrogens is 356 g/mol.